The maximum Gasteiger partial charge on any atom is 0.307 e. The Morgan fingerprint density at radius 3 is 2.60 bits per heavy atom. The predicted octanol–water partition coefficient (Wildman–Crippen LogP) is 2.06. The van der Waals surface area contributed by atoms with E-state index in [0.717, 1.165) is 22.8 Å². The topological polar surface area (TPSA) is 76.9 Å². The predicted molar refractivity (Wildman–Crippen MR) is 80.7 cm³/mol. The summed E-state index contributed by atoms with van der Waals surface area (Å²) in [5.74, 6) is 0.186. The van der Waals surface area contributed by atoms with E-state index in [-0.39, 0.29) is 10.8 Å². The van der Waals surface area contributed by atoms with Crippen molar-refractivity contribution in [1.82, 2.24) is 14.8 Å². The number of hydrogen-bond donors (Lipinski definition) is 1. The Morgan fingerprint density at radius 1 is 1.35 bits per heavy atom. The smallest absolute Gasteiger partial charge is 0.306 e. The lowest BCUT2D eigenvalue weighted by molar-refractivity contribution is 0.102. The summed E-state index contributed by atoms with van der Waals surface area (Å²) in [5, 5.41) is 12.0. The summed E-state index contributed by atoms with van der Waals surface area (Å²) in [6, 6.07) is 0. The third-order valence-electron chi connectivity index (χ3n) is 2.77. The molecule has 0 fully saturated rings. The van der Waals surface area contributed by atoms with E-state index in [1.54, 1.807) is 14.0 Å². The number of hydrogen-bond acceptors (Lipinski definition) is 6. The molecular weight excluding hydrogens is 296 g/mol. The first kappa shape index (κ1) is 14.9. The van der Waals surface area contributed by atoms with Crippen LogP contribution in [0.1, 0.15) is 34.2 Å². The van der Waals surface area contributed by atoms with Gasteiger partial charge < -0.3 is 4.57 Å². The lowest BCUT2D eigenvalue weighted by atomic mass is 10.1. The van der Waals surface area contributed by atoms with Gasteiger partial charge in [0.15, 0.2) is 0 Å². The average molecular weight is 312 g/mol. The lowest BCUT2D eigenvalue weighted by Gasteiger charge is -2.00. The first-order valence-corrected chi connectivity index (χ1v) is 7.82. The van der Waals surface area contributed by atoms with Crippen molar-refractivity contribution < 1.29 is 4.79 Å². The van der Waals surface area contributed by atoms with E-state index >= 15 is 0 Å². The fraction of sp³-hybridized carbons (Fsp3) is 0.500. The molecule has 2 heterocycles. The van der Waals surface area contributed by atoms with Crippen molar-refractivity contribution in [3.63, 3.8) is 0 Å². The van der Waals surface area contributed by atoms with Gasteiger partial charge in [-0.3, -0.25) is 14.9 Å². The molecular formula is C12H16N4O2S2. The number of nitrogens with zero attached hydrogens (tertiary/aromatic N) is 3. The van der Waals surface area contributed by atoms with Gasteiger partial charge in [0.25, 0.3) is 5.91 Å². The Morgan fingerprint density at radius 2 is 2.05 bits per heavy atom. The van der Waals surface area contributed by atoms with Gasteiger partial charge in [-0.15, -0.1) is 10.2 Å². The van der Waals surface area contributed by atoms with Gasteiger partial charge in [0.05, 0.1) is 0 Å². The molecule has 0 saturated carbocycles. The van der Waals surface area contributed by atoms with Gasteiger partial charge in [-0.25, -0.2) is 0 Å². The van der Waals surface area contributed by atoms with Crippen LogP contribution in [0.15, 0.2) is 4.79 Å². The monoisotopic (exact) mass is 312 g/mol. The summed E-state index contributed by atoms with van der Waals surface area (Å²) in [5.41, 5.74) is 0.657. The van der Waals surface area contributed by atoms with Gasteiger partial charge in [-0.2, -0.15) is 0 Å². The highest BCUT2D eigenvalue weighted by molar-refractivity contribution is 7.15. The second kappa shape index (κ2) is 5.84. The Hall–Kier alpha value is -1.54. The number of carbonyl (C=O) groups is 1. The van der Waals surface area contributed by atoms with Crippen LogP contribution in [-0.2, 0) is 13.5 Å². The van der Waals surface area contributed by atoms with Crippen molar-refractivity contribution in [3.8, 4) is 0 Å². The fourth-order valence-electron chi connectivity index (χ4n) is 1.62. The van der Waals surface area contributed by atoms with Crippen molar-refractivity contribution in [2.24, 2.45) is 13.0 Å². The number of aromatic nitrogens is 3. The molecule has 0 atom stereocenters. The Labute approximate surface area is 124 Å². The van der Waals surface area contributed by atoms with Crippen molar-refractivity contribution in [2.75, 3.05) is 5.32 Å². The molecule has 0 aliphatic rings. The van der Waals surface area contributed by atoms with Gasteiger partial charge >= 0.3 is 4.87 Å². The maximum atomic E-state index is 12.1. The summed E-state index contributed by atoms with van der Waals surface area (Å²) in [6.07, 6.45) is 0.839. The SMILES string of the molecule is Cc1c(C(=O)Nc2nnc(CC(C)C)s2)sc(=O)n1C. The zero-order valence-corrected chi connectivity index (χ0v) is 13.4. The van der Waals surface area contributed by atoms with E-state index in [0.29, 0.717) is 21.6 Å². The van der Waals surface area contributed by atoms with E-state index in [1.165, 1.54) is 15.9 Å². The maximum absolute atomic E-state index is 12.1. The molecule has 0 unspecified atom stereocenters. The first-order valence-electron chi connectivity index (χ1n) is 6.18. The Kier molecular flexibility index (Phi) is 4.34. The highest BCUT2D eigenvalue weighted by Gasteiger charge is 2.17. The van der Waals surface area contributed by atoms with E-state index in [9.17, 15) is 9.59 Å². The normalized spacial score (nSPS) is 11.1. The molecule has 1 N–H and O–H groups in total. The van der Waals surface area contributed by atoms with Gasteiger partial charge in [-0.1, -0.05) is 36.5 Å². The van der Waals surface area contributed by atoms with Crippen molar-refractivity contribution >= 4 is 33.7 Å². The summed E-state index contributed by atoms with van der Waals surface area (Å²) in [7, 11) is 1.65. The number of amides is 1. The largest absolute Gasteiger partial charge is 0.307 e. The third-order valence-corrected chi connectivity index (χ3v) is 4.77. The van der Waals surface area contributed by atoms with Gasteiger partial charge in [0.2, 0.25) is 5.13 Å². The highest BCUT2D eigenvalue weighted by atomic mass is 32.1. The Balaban J connectivity index is 2.13. The van der Waals surface area contributed by atoms with Crippen LogP contribution in [-0.4, -0.2) is 20.7 Å². The summed E-state index contributed by atoms with van der Waals surface area (Å²) < 4.78 is 1.46. The third kappa shape index (κ3) is 3.13. The first-order chi connectivity index (χ1) is 9.38. The molecule has 0 radical (unpaired) electrons. The van der Waals surface area contributed by atoms with Crippen molar-refractivity contribution in [3.05, 3.63) is 25.2 Å². The van der Waals surface area contributed by atoms with Crippen LogP contribution in [0.3, 0.4) is 0 Å². The molecule has 1 amide bonds. The van der Waals surface area contributed by atoms with Gasteiger partial charge in [0.1, 0.15) is 9.88 Å². The molecule has 0 spiro atoms. The zero-order chi connectivity index (χ0) is 14.9. The molecule has 2 aromatic heterocycles. The second-order valence-corrected chi connectivity index (χ2v) is 6.92. The Bertz CT molecular complexity index is 684. The van der Waals surface area contributed by atoms with Crippen LogP contribution in [0.5, 0.6) is 0 Å². The highest BCUT2D eigenvalue weighted by Crippen LogP contribution is 2.20. The van der Waals surface area contributed by atoms with Crippen molar-refractivity contribution in [2.45, 2.75) is 27.2 Å². The number of thiazole rings is 1. The number of carbonyl (C=O) groups excluding carboxylic acids is 1. The molecule has 0 aliphatic heterocycles. The lowest BCUT2D eigenvalue weighted by Crippen LogP contribution is -2.12. The standard InChI is InChI=1S/C12H16N4O2S2/c1-6(2)5-8-14-15-11(19-8)13-10(17)9-7(3)16(4)12(18)20-9/h6H,5H2,1-4H3,(H,13,15,17). The summed E-state index contributed by atoms with van der Waals surface area (Å²) in [4.78, 5) is 23.9. The molecule has 0 aromatic carbocycles. The molecule has 6 nitrogen and oxygen atoms in total. The van der Waals surface area contributed by atoms with Crippen LogP contribution in [0, 0.1) is 12.8 Å². The molecule has 0 bridgehead atoms. The van der Waals surface area contributed by atoms with Crippen molar-refractivity contribution in [1.29, 1.82) is 0 Å². The average Bonchev–Trinajstić information content (AvgIpc) is 2.89. The van der Waals surface area contributed by atoms with Gasteiger partial charge in [-0.05, 0) is 12.8 Å². The molecule has 0 saturated heterocycles. The fourth-order valence-corrected chi connectivity index (χ4v) is 3.44. The molecule has 2 rings (SSSR count). The van der Waals surface area contributed by atoms with Gasteiger partial charge in [0, 0.05) is 19.2 Å². The molecule has 0 aliphatic carbocycles. The minimum atomic E-state index is -0.308. The minimum absolute atomic E-state index is 0.148. The molecule has 8 heteroatoms. The molecule has 108 valence electrons. The van der Waals surface area contributed by atoms with E-state index in [4.69, 9.17) is 0 Å². The molecule has 20 heavy (non-hydrogen) atoms. The minimum Gasteiger partial charge on any atom is -0.306 e. The summed E-state index contributed by atoms with van der Waals surface area (Å²) >= 11 is 2.30. The second-order valence-electron chi connectivity index (χ2n) is 4.89. The number of nitrogens with one attached hydrogen (secondary N) is 1. The van der Waals surface area contributed by atoms with E-state index in [1.807, 2.05) is 0 Å². The summed E-state index contributed by atoms with van der Waals surface area (Å²) in [6.45, 7) is 5.95. The zero-order valence-electron chi connectivity index (χ0n) is 11.8. The number of anilines is 1. The van der Waals surface area contributed by atoms with E-state index in [2.05, 4.69) is 29.4 Å². The quantitative estimate of drug-likeness (QED) is 0.937. The molecule has 2 aromatic rings. The van der Waals surface area contributed by atoms with Crippen LogP contribution >= 0.6 is 22.7 Å². The van der Waals surface area contributed by atoms with E-state index < -0.39 is 0 Å². The van der Waals surface area contributed by atoms with Crippen LogP contribution in [0.2, 0.25) is 0 Å². The number of rotatable bonds is 4. The van der Waals surface area contributed by atoms with Crippen LogP contribution < -0.4 is 10.2 Å². The van der Waals surface area contributed by atoms with Crippen LogP contribution in [0.4, 0.5) is 5.13 Å². The van der Waals surface area contributed by atoms with Crippen LogP contribution in [0.25, 0.3) is 0 Å².